The summed E-state index contributed by atoms with van der Waals surface area (Å²) in [5.41, 5.74) is 3.73. The second kappa shape index (κ2) is 9.25. The van der Waals surface area contributed by atoms with Crippen molar-refractivity contribution < 1.29 is 13.2 Å². The minimum atomic E-state index is -3.53. The summed E-state index contributed by atoms with van der Waals surface area (Å²) < 4.78 is 27.2. The molecule has 4 aromatic rings. The number of amides is 1. The van der Waals surface area contributed by atoms with Crippen molar-refractivity contribution in [2.24, 2.45) is 0 Å². The number of nitrogens with zero attached hydrogens (tertiary/aromatic N) is 3. The van der Waals surface area contributed by atoms with Gasteiger partial charge in [-0.15, -0.1) is 0 Å². The molecule has 2 aromatic carbocycles. The fraction of sp³-hybridized carbons (Fsp3) is 0.240. The Balaban J connectivity index is 1.35. The SMILES string of the molecule is Cc1ccc(-c2nc3cccnc3s2)cc1NC(=O)c1ccc(S(=O)(=O)N2CCCCC2)cc1. The van der Waals surface area contributed by atoms with E-state index in [-0.39, 0.29) is 10.8 Å². The van der Waals surface area contributed by atoms with Crippen LogP contribution in [-0.2, 0) is 10.0 Å². The van der Waals surface area contributed by atoms with E-state index in [0.717, 1.165) is 45.7 Å². The summed E-state index contributed by atoms with van der Waals surface area (Å²) in [6.07, 6.45) is 4.56. The van der Waals surface area contributed by atoms with Crippen LogP contribution in [0.3, 0.4) is 0 Å². The van der Waals surface area contributed by atoms with E-state index in [2.05, 4.69) is 15.3 Å². The van der Waals surface area contributed by atoms with Crippen LogP contribution in [-0.4, -0.2) is 41.7 Å². The van der Waals surface area contributed by atoms with Crippen molar-refractivity contribution in [1.29, 1.82) is 0 Å². The molecule has 1 aliphatic rings. The maximum Gasteiger partial charge on any atom is 0.255 e. The number of piperidine rings is 1. The number of aryl methyl sites for hydroxylation is 1. The number of carbonyl (C=O) groups excluding carboxylic acids is 1. The maximum absolute atomic E-state index is 12.9. The molecule has 0 aliphatic carbocycles. The molecule has 7 nitrogen and oxygen atoms in total. The van der Waals surface area contributed by atoms with Gasteiger partial charge in [-0.2, -0.15) is 4.31 Å². The summed E-state index contributed by atoms with van der Waals surface area (Å²) in [4.78, 5) is 23.0. The topological polar surface area (TPSA) is 92.3 Å². The number of benzene rings is 2. The highest BCUT2D eigenvalue weighted by Crippen LogP contribution is 2.31. The summed E-state index contributed by atoms with van der Waals surface area (Å²) in [7, 11) is -3.53. The first-order valence-corrected chi connectivity index (χ1v) is 13.4. The second-order valence-corrected chi connectivity index (χ2v) is 11.2. The second-order valence-electron chi connectivity index (χ2n) is 8.32. The number of anilines is 1. The third-order valence-corrected chi connectivity index (χ3v) is 8.91. The van der Waals surface area contributed by atoms with Crippen LogP contribution < -0.4 is 5.32 Å². The lowest BCUT2D eigenvalue weighted by molar-refractivity contribution is 0.102. The molecule has 0 bridgehead atoms. The Labute approximate surface area is 202 Å². The molecule has 0 saturated carbocycles. The number of rotatable bonds is 5. The van der Waals surface area contributed by atoms with E-state index >= 15 is 0 Å². The van der Waals surface area contributed by atoms with Gasteiger partial charge >= 0.3 is 0 Å². The van der Waals surface area contributed by atoms with Gasteiger partial charge in [0.05, 0.1) is 4.90 Å². The van der Waals surface area contributed by atoms with E-state index in [1.165, 1.54) is 27.8 Å². The highest BCUT2D eigenvalue weighted by Gasteiger charge is 2.26. The highest BCUT2D eigenvalue weighted by atomic mass is 32.2. The van der Waals surface area contributed by atoms with Crippen LogP contribution in [0.25, 0.3) is 20.9 Å². The molecule has 0 unspecified atom stereocenters. The zero-order valence-corrected chi connectivity index (χ0v) is 20.3. The van der Waals surface area contributed by atoms with E-state index in [0.29, 0.717) is 24.3 Å². The van der Waals surface area contributed by atoms with Crippen molar-refractivity contribution in [1.82, 2.24) is 14.3 Å². The number of sulfonamides is 1. The zero-order valence-electron chi connectivity index (χ0n) is 18.7. The molecule has 0 spiro atoms. The number of pyridine rings is 1. The fourth-order valence-corrected chi connectivity index (χ4v) is 6.43. The average Bonchev–Trinajstić information content (AvgIpc) is 3.30. The van der Waals surface area contributed by atoms with Crippen LogP contribution in [0, 0.1) is 6.92 Å². The van der Waals surface area contributed by atoms with Gasteiger partial charge < -0.3 is 5.32 Å². The van der Waals surface area contributed by atoms with Crippen molar-refractivity contribution in [3.05, 3.63) is 71.9 Å². The van der Waals surface area contributed by atoms with E-state index in [1.54, 1.807) is 18.3 Å². The zero-order chi connectivity index (χ0) is 23.7. The average molecular weight is 493 g/mol. The van der Waals surface area contributed by atoms with E-state index in [9.17, 15) is 13.2 Å². The summed E-state index contributed by atoms with van der Waals surface area (Å²) in [5.74, 6) is -0.298. The smallest absolute Gasteiger partial charge is 0.255 e. The number of nitrogens with one attached hydrogen (secondary N) is 1. The van der Waals surface area contributed by atoms with Crippen LogP contribution in [0.15, 0.2) is 65.7 Å². The molecule has 0 radical (unpaired) electrons. The van der Waals surface area contributed by atoms with Crippen LogP contribution in [0.4, 0.5) is 5.69 Å². The first kappa shape index (κ1) is 22.6. The number of thiazole rings is 1. The highest BCUT2D eigenvalue weighted by molar-refractivity contribution is 7.89. The molecule has 1 saturated heterocycles. The van der Waals surface area contributed by atoms with Crippen LogP contribution in [0.2, 0.25) is 0 Å². The normalized spacial score (nSPS) is 14.9. The molecule has 2 aromatic heterocycles. The Hall–Kier alpha value is -3.14. The van der Waals surface area contributed by atoms with Crippen molar-refractivity contribution in [3.8, 4) is 10.6 Å². The Bertz CT molecular complexity index is 1420. The van der Waals surface area contributed by atoms with Crippen molar-refractivity contribution in [2.45, 2.75) is 31.1 Å². The lowest BCUT2D eigenvalue weighted by Gasteiger charge is -2.25. The van der Waals surface area contributed by atoms with Crippen LogP contribution in [0.1, 0.15) is 35.2 Å². The first-order valence-electron chi connectivity index (χ1n) is 11.2. The van der Waals surface area contributed by atoms with Crippen LogP contribution in [0.5, 0.6) is 0 Å². The predicted octanol–water partition coefficient (Wildman–Crippen LogP) is 5.09. The number of carbonyl (C=O) groups is 1. The monoisotopic (exact) mass is 492 g/mol. The lowest BCUT2D eigenvalue weighted by atomic mass is 10.1. The van der Waals surface area contributed by atoms with Gasteiger partial charge in [-0.3, -0.25) is 4.79 Å². The third-order valence-electron chi connectivity index (χ3n) is 5.97. The number of aromatic nitrogens is 2. The van der Waals surface area contributed by atoms with E-state index in [4.69, 9.17) is 0 Å². The third kappa shape index (κ3) is 4.46. The molecule has 174 valence electrons. The minimum absolute atomic E-state index is 0.216. The number of hydrogen-bond acceptors (Lipinski definition) is 6. The minimum Gasteiger partial charge on any atom is -0.322 e. The van der Waals surface area contributed by atoms with Crippen LogP contribution >= 0.6 is 11.3 Å². The largest absolute Gasteiger partial charge is 0.322 e. The van der Waals surface area contributed by atoms with Crippen molar-refractivity contribution in [3.63, 3.8) is 0 Å². The Morgan fingerprint density at radius 2 is 1.79 bits per heavy atom. The number of fused-ring (bicyclic) bond motifs is 1. The van der Waals surface area contributed by atoms with Gasteiger partial charge in [-0.1, -0.05) is 29.9 Å². The fourth-order valence-electron chi connectivity index (χ4n) is 4.01. The lowest BCUT2D eigenvalue weighted by Crippen LogP contribution is -2.35. The van der Waals surface area contributed by atoms with Gasteiger partial charge in [-0.25, -0.2) is 18.4 Å². The molecule has 1 amide bonds. The molecule has 1 N–H and O–H groups in total. The maximum atomic E-state index is 12.9. The number of hydrogen-bond donors (Lipinski definition) is 1. The molecule has 1 fully saturated rings. The Kier molecular flexibility index (Phi) is 6.16. The van der Waals surface area contributed by atoms with Gasteiger partial charge in [0.1, 0.15) is 15.4 Å². The van der Waals surface area contributed by atoms with Crippen molar-refractivity contribution in [2.75, 3.05) is 18.4 Å². The van der Waals surface area contributed by atoms with Crippen molar-refractivity contribution >= 4 is 43.3 Å². The Morgan fingerprint density at radius 3 is 2.53 bits per heavy atom. The summed E-state index contributed by atoms with van der Waals surface area (Å²) in [6, 6.07) is 15.7. The summed E-state index contributed by atoms with van der Waals surface area (Å²) in [5, 5.41) is 3.78. The molecular weight excluding hydrogens is 468 g/mol. The molecule has 0 atom stereocenters. The first-order chi connectivity index (χ1) is 16.4. The summed E-state index contributed by atoms with van der Waals surface area (Å²) >= 11 is 1.50. The quantitative estimate of drug-likeness (QED) is 0.419. The van der Waals surface area contributed by atoms with Gasteiger partial charge in [0.15, 0.2) is 0 Å². The predicted molar refractivity (Wildman–Crippen MR) is 135 cm³/mol. The summed E-state index contributed by atoms with van der Waals surface area (Å²) in [6.45, 7) is 3.02. The molecule has 5 rings (SSSR count). The molecule has 3 heterocycles. The van der Waals surface area contributed by atoms with Gasteiger partial charge in [0.25, 0.3) is 5.91 Å². The van der Waals surface area contributed by atoms with Gasteiger partial charge in [0, 0.05) is 36.1 Å². The van der Waals surface area contributed by atoms with E-state index < -0.39 is 10.0 Å². The Morgan fingerprint density at radius 1 is 1.03 bits per heavy atom. The van der Waals surface area contributed by atoms with E-state index in [1.807, 2.05) is 37.3 Å². The van der Waals surface area contributed by atoms with Gasteiger partial charge in [0.2, 0.25) is 10.0 Å². The molecular formula is C25H24N4O3S2. The van der Waals surface area contributed by atoms with Gasteiger partial charge in [-0.05, 0) is 67.8 Å². The molecule has 9 heteroatoms. The standard InChI is InChI=1S/C25H24N4O3S2/c1-17-7-8-19(24-28-21-6-5-13-26-25(21)33-24)16-22(17)27-23(30)18-9-11-20(12-10-18)34(31,32)29-14-3-2-4-15-29/h5-13,16H,2-4,14-15H2,1H3,(H,27,30). The molecule has 1 aliphatic heterocycles. The molecule has 34 heavy (non-hydrogen) atoms.